The van der Waals surface area contributed by atoms with Gasteiger partial charge in [0.25, 0.3) is 0 Å². The van der Waals surface area contributed by atoms with Gasteiger partial charge in [0.2, 0.25) is 0 Å². The third-order valence-electron chi connectivity index (χ3n) is 3.57. The van der Waals surface area contributed by atoms with Crippen molar-refractivity contribution in [2.24, 2.45) is 0 Å². The van der Waals surface area contributed by atoms with Crippen LogP contribution in [-0.4, -0.2) is 21.2 Å². The molecule has 0 aliphatic carbocycles. The second kappa shape index (κ2) is 7.56. The Balaban J connectivity index is 1.88. The van der Waals surface area contributed by atoms with E-state index in [2.05, 4.69) is 36.5 Å². The first-order valence-electron chi connectivity index (χ1n) is 7.45. The molecule has 4 heteroatoms. The fourth-order valence-corrected chi connectivity index (χ4v) is 3.25. The Morgan fingerprint density at radius 2 is 1.68 bits per heavy atom. The Kier molecular flexibility index (Phi) is 5.75. The van der Waals surface area contributed by atoms with Crippen LogP contribution in [0.15, 0.2) is 54.6 Å². The highest BCUT2D eigenvalue weighted by molar-refractivity contribution is 7.89. The van der Waals surface area contributed by atoms with Crippen molar-refractivity contribution in [3.8, 4) is 0 Å². The molecule has 0 aromatic heterocycles. The fraction of sp³-hybridized carbons (Fsp3) is 0.333. The smallest absolute Gasteiger partial charge is 0.151 e. The lowest BCUT2D eigenvalue weighted by Gasteiger charge is -2.13. The summed E-state index contributed by atoms with van der Waals surface area (Å²) in [4.78, 5) is 0. The van der Waals surface area contributed by atoms with Crippen LogP contribution in [0.3, 0.4) is 0 Å². The van der Waals surface area contributed by atoms with E-state index in [9.17, 15) is 8.42 Å². The predicted molar refractivity (Wildman–Crippen MR) is 91.6 cm³/mol. The molecule has 0 amide bonds. The van der Waals surface area contributed by atoms with Crippen molar-refractivity contribution >= 4 is 9.84 Å². The van der Waals surface area contributed by atoms with Gasteiger partial charge < -0.3 is 5.32 Å². The highest BCUT2D eigenvalue weighted by Gasteiger charge is 2.06. The Hall–Kier alpha value is -1.65. The van der Waals surface area contributed by atoms with Crippen LogP contribution < -0.4 is 5.32 Å². The van der Waals surface area contributed by atoms with Crippen LogP contribution in [0.1, 0.15) is 29.5 Å². The minimum atomic E-state index is -2.98. The highest BCUT2D eigenvalue weighted by Crippen LogP contribution is 2.14. The van der Waals surface area contributed by atoms with E-state index in [4.69, 9.17) is 0 Å². The van der Waals surface area contributed by atoms with Gasteiger partial charge in [-0.3, -0.25) is 0 Å². The number of benzene rings is 2. The van der Waals surface area contributed by atoms with E-state index >= 15 is 0 Å². The molecule has 0 heterocycles. The predicted octanol–water partition coefficient (Wildman–Crippen LogP) is 3.12. The molecule has 1 atom stereocenters. The van der Waals surface area contributed by atoms with Gasteiger partial charge in [-0.2, -0.15) is 0 Å². The second-order valence-corrected chi connectivity index (χ2v) is 7.97. The second-order valence-electron chi connectivity index (χ2n) is 5.83. The van der Waals surface area contributed by atoms with Gasteiger partial charge in [-0.15, -0.1) is 0 Å². The third kappa shape index (κ3) is 5.62. The summed E-state index contributed by atoms with van der Waals surface area (Å²) in [5.41, 5.74) is 3.28. The van der Waals surface area contributed by atoms with Crippen LogP contribution in [0, 0.1) is 0 Å². The molecule has 2 rings (SSSR count). The Labute approximate surface area is 133 Å². The molecule has 2 aromatic rings. The first-order chi connectivity index (χ1) is 10.4. The summed E-state index contributed by atoms with van der Waals surface area (Å²) in [5.74, 6) is 0.543. The third-order valence-corrected chi connectivity index (χ3v) is 4.43. The average Bonchev–Trinajstić information content (AvgIpc) is 2.47. The van der Waals surface area contributed by atoms with Gasteiger partial charge in [-0.1, -0.05) is 61.5 Å². The number of hydrogen-bond acceptors (Lipinski definition) is 3. The van der Waals surface area contributed by atoms with Crippen molar-refractivity contribution in [3.63, 3.8) is 0 Å². The van der Waals surface area contributed by atoms with E-state index < -0.39 is 9.84 Å². The Bertz CT molecular complexity index is 696. The van der Waals surface area contributed by atoms with Crippen molar-refractivity contribution in [1.82, 2.24) is 5.32 Å². The molecule has 2 aromatic carbocycles. The summed E-state index contributed by atoms with van der Waals surface area (Å²) < 4.78 is 22.7. The highest BCUT2D eigenvalue weighted by atomic mass is 32.2. The zero-order valence-electron chi connectivity index (χ0n) is 13.1. The zero-order chi connectivity index (χ0) is 16.0. The van der Waals surface area contributed by atoms with Crippen LogP contribution in [0.25, 0.3) is 0 Å². The van der Waals surface area contributed by atoms with Crippen molar-refractivity contribution in [2.45, 2.75) is 25.1 Å². The van der Waals surface area contributed by atoms with Crippen LogP contribution in [0.2, 0.25) is 0 Å². The summed E-state index contributed by atoms with van der Waals surface area (Å²) >= 11 is 0. The van der Waals surface area contributed by atoms with Crippen LogP contribution in [0.5, 0.6) is 0 Å². The summed E-state index contributed by atoms with van der Waals surface area (Å²) in [5, 5.41) is 3.44. The molecule has 0 aliphatic rings. The van der Waals surface area contributed by atoms with Crippen LogP contribution >= 0.6 is 0 Å². The Morgan fingerprint density at radius 3 is 2.36 bits per heavy atom. The number of sulfone groups is 1. The van der Waals surface area contributed by atoms with Crippen LogP contribution in [0.4, 0.5) is 0 Å². The van der Waals surface area contributed by atoms with E-state index in [0.717, 1.165) is 24.2 Å². The first kappa shape index (κ1) is 16.7. The quantitative estimate of drug-likeness (QED) is 0.853. The molecule has 22 heavy (non-hydrogen) atoms. The minimum Gasteiger partial charge on any atom is -0.312 e. The van der Waals surface area contributed by atoms with E-state index in [0.29, 0.717) is 5.92 Å². The van der Waals surface area contributed by atoms with Gasteiger partial charge in [-0.25, -0.2) is 8.42 Å². The molecule has 0 aliphatic heterocycles. The normalized spacial score (nSPS) is 13.0. The lowest BCUT2D eigenvalue weighted by molar-refractivity contribution is 0.601. The molecule has 1 N–H and O–H groups in total. The molecule has 0 spiro atoms. The van der Waals surface area contributed by atoms with Gasteiger partial charge >= 0.3 is 0 Å². The topological polar surface area (TPSA) is 46.2 Å². The maximum atomic E-state index is 11.4. The number of nitrogens with one attached hydrogen (secondary N) is 1. The summed E-state index contributed by atoms with van der Waals surface area (Å²) in [6.07, 6.45) is 1.26. The maximum Gasteiger partial charge on any atom is 0.151 e. The molecule has 0 bridgehead atoms. The standard InChI is InChI=1S/C18H23NO2S/c1-15(18-9-4-3-5-10-18)12-19-13-16-7-6-8-17(11-16)14-22(2,20)21/h3-11,15,19H,12-14H2,1-2H3. The molecule has 1 unspecified atom stereocenters. The molecule has 118 valence electrons. The molecule has 3 nitrogen and oxygen atoms in total. The first-order valence-corrected chi connectivity index (χ1v) is 9.51. The minimum absolute atomic E-state index is 0.0985. The van der Waals surface area contributed by atoms with Crippen molar-refractivity contribution < 1.29 is 8.42 Å². The lowest BCUT2D eigenvalue weighted by Crippen LogP contribution is -2.19. The average molecular weight is 317 g/mol. The molecule has 0 saturated carbocycles. The molecular formula is C18H23NO2S. The van der Waals surface area contributed by atoms with E-state index in [1.54, 1.807) is 0 Å². The van der Waals surface area contributed by atoms with Gasteiger partial charge in [0.05, 0.1) is 5.75 Å². The molecular weight excluding hydrogens is 294 g/mol. The van der Waals surface area contributed by atoms with Gasteiger partial charge in [0, 0.05) is 19.3 Å². The molecule has 0 fully saturated rings. The summed E-state index contributed by atoms with van der Waals surface area (Å²) in [6.45, 7) is 3.83. The SMILES string of the molecule is CC(CNCc1cccc(CS(C)(=O)=O)c1)c1ccccc1. The number of hydrogen-bond donors (Lipinski definition) is 1. The van der Waals surface area contributed by atoms with Crippen molar-refractivity contribution in [1.29, 1.82) is 0 Å². The van der Waals surface area contributed by atoms with Gasteiger partial charge in [0.1, 0.15) is 0 Å². The fourth-order valence-electron chi connectivity index (χ4n) is 2.46. The van der Waals surface area contributed by atoms with E-state index in [1.807, 2.05) is 30.3 Å². The van der Waals surface area contributed by atoms with Crippen molar-refractivity contribution in [2.75, 3.05) is 12.8 Å². The van der Waals surface area contributed by atoms with Crippen LogP contribution in [-0.2, 0) is 22.1 Å². The van der Waals surface area contributed by atoms with Gasteiger partial charge in [0.15, 0.2) is 9.84 Å². The number of rotatable bonds is 7. The Morgan fingerprint density at radius 1 is 1.00 bits per heavy atom. The summed E-state index contributed by atoms with van der Waals surface area (Å²) in [7, 11) is -2.98. The largest absolute Gasteiger partial charge is 0.312 e. The molecule has 0 saturated heterocycles. The molecule has 0 radical (unpaired) electrons. The van der Waals surface area contributed by atoms with E-state index in [1.165, 1.54) is 11.8 Å². The summed E-state index contributed by atoms with van der Waals surface area (Å²) in [6, 6.07) is 18.2. The monoisotopic (exact) mass is 317 g/mol. The van der Waals surface area contributed by atoms with Gasteiger partial charge in [-0.05, 0) is 22.6 Å². The lowest BCUT2D eigenvalue weighted by atomic mass is 10.0. The maximum absolute atomic E-state index is 11.4. The van der Waals surface area contributed by atoms with E-state index in [-0.39, 0.29) is 5.75 Å². The zero-order valence-corrected chi connectivity index (χ0v) is 13.9. The van der Waals surface area contributed by atoms with Crippen molar-refractivity contribution in [3.05, 3.63) is 71.3 Å².